The van der Waals surface area contributed by atoms with Gasteiger partial charge in [-0.1, -0.05) is 34.5 Å². The van der Waals surface area contributed by atoms with Gasteiger partial charge >= 0.3 is 6.01 Å². The van der Waals surface area contributed by atoms with Crippen LogP contribution in [0.1, 0.15) is 32.1 Å². The number of nitrogens with one attached hydrogen (secondary N) is 1. The zero-order valence-corrected chi connectivity index (χ0v) is 25.0. The first kappa shape index (κ1) is 27.0. The summed E-state index contributed by atoms with van der Waals surface area (Å²) in [7, 11) is 0. The van der Waals surface area contributed by atoms with Gasteiger partial charge in [0, 0.05) is 54.7 Å². The molecule has 8 nitrogen and oxygen atoms in total. The predicted molar refractivity (Wildman–Crippen MR) is 163 cm³/mol. The van der Waals surface area contributed by atoms with E-state index in [2.05, 4.69) is 20.1 Å². The minimum absolute atomic E-state index is 0.198. The lowest BCUT2D eigenvalue weighted by Crippen LogP contribution is -2.51. The number of nitrogens with zero attached hydrogens (tertiary/aromatic N) is 5. The lowest BCUT2D eigenvalue weighted by atomic mass is 9.95. The van der Waals surface area contributed by atoms with Crippen molar-refractivity contribution in [2.45, 2.75) is 55.9 Å². The molecule has 4 aliphatic heterocycles. The SMILES string of the molecule is Nc1nc2c(-c3c(Cl)cc4c(N5CC6CCC(C5)N6)nc(OCC56CCCN5C[C@H](F)C6)nc4c3Cl)ccc(F)c2s1. The molecular weight excluding hydrogens is 603 g/mol. The summed E-state index contributed by atoms with van der Waals surface area (Å²) < 4.78 is 35.7. The molecule has 0 saturated carbocycles. The van der Waals surface area contributed by atoms with Gasteiger partial charge in [-0.2, -0.15) is 9.97 Å². The number of nitrogens with two attached hydrogens (primary N) is 1. The normalized spacial score (nSPS) is 27.4. The van der Waals surface area contributed by atoms with Crippen molar-refractivity contribution in [3.05, 3.63) is 34.1 Å². The topological polar surface area (TPSA) is 92.4 Å². The lowest BCUT2D eigenvalue weighted by Gasteiger charge is -2.35. The van der Waals surface area contributed by atoms with Crippen LogP contribution in [0.5, 0.6) is 6.01 Å². The molecule has 42 heavy (non-hydrogen) atoms. The summed E-state index contributed by atoms with van der Waals surface area (Å²) in [4.78, 5) is 18.6. The Labute approximate surface area is 255 Å². The van der Waals surface area contributed by atoms with E-state index in [1.165, 1.54) is 6.07 Å². The van der Waals surface area contributed by atoms with Crippen LogP contribution in [0.4, 0.5) is 19.7 Å². The van der Waals surface area contributed by atoms with E-state index in [9.17, 15) is 8.78 Å². The van der Waals surface area contributed by atoms with Crippen molar-refractivity contribution in [2.75, 3.05) is 43.4 Å². The highest BCUT2D eigenvalue weighted by Crippen LogP contribution is 2.46. The molecule has 13 heteroatoms. The number of piperazine rings is 1. The molecule has 4 aliphatic rings. The van der Waals surface area contributed by atoms with Crippen LogP contribution < -0.4 is 20.7 Å². The van der Waals surface area contributed by atoms with E-state index in [1.54, 1.807) is 6.07 Å². The molecule has 2 aromatic heterocycles. The molecule has 0 aliphatic carbocycles. The second kappa shape index (κ2) is 9.99. The predicted octanol–water partition coefficient (Wildman–Crippen LogP) is 5.83. The van der Waals surface area contributed by atoms with Crippen LogP contribution in [0, 0.1) is 5.82 Å². The molecule has 8 rings (SSSR count). The van der Waals surface area contributed by atoms with Gasteiger partial charge in [0.1, 0.15) is 24.4 Å². The van der Waals surface area contributed by atoms with Crippen LogP contribution in [0.15, 0.2) is 18.2 Å². The Morgan fingerprint density at radius 2 is 1.93 bits per heavy atom. The van der Waals surface area contributed by atoms with E-state index >= 15 is 0 Å². The summed E-state index contributed by atoms with van der Waals surface area (Å²) in [5, 5.41) is 5.31. The van der Waals surface area contributed by atoms with Crippen molar-refractivity contribution < 1.29 is 13.5 Å². The smallest absolute Gasteiger partial charge is 0.319 e. The van der Waals surface area contributed by atoms with Gasteiger partial charge in [0.2, 0.25) is 0 Å². The molecule has 2 aromatic carbocycles. The summed E-state index contributed by atoms with van der Waals surface area (Å²) in [6.07, 6.45) is 3.72. The molecule has 0 radical (unpaired) electrons. The molecule has 4 fully saturated rings. The maximum absolute atomic E-state index is 14.6. The van der Waals surface area contributed by atoms with E-state index in [1.807, 2.05) is 6.07 Å². The molecule has 4 atom stereocenters. The number of thiazole rings is 1. The van der Waals surface area contributed by atoms with E-state index in [4.69, 9.17) is 43.6 Å². The van der Waals surface area contributed by atoms with Gasteiger partial charge in [-0.15, -0.1) is 0 Å². The first-order chi connectivity index (χ1) is 20.3. The minimum Gasteiger partial charge on any atom is -0.461 e. The Balaban J connectivity index is 1.27. The maximum atomic E-state index is 14.6. The van der Waals surface area contributed by atoms with Gasteiger partial charge in [0.05, 0.1) is 31.3 Å². The summed E-state index contributed by atoms with van der Waals surface area (Å²) >= 11 is 15.2. The van der Waals surface area contributed by atoms with Crippen molar-refractivity contribution in [3.8, 4) is 17.1 Å². The van der Waals surface area contributed by atoms with Gasteiger partial charge in [-0.25, -0.2) is 13.8 Å². The molecule has 4 aromatic rings. The highest BCUT2D eigenvalue weighted by Gasteiger charge is 2.49. The van der Waals surface area contributed by atoms with Crippen molar-refractivity contribution in [1.82, 2.24) is 25.2 Å². The largest absolute Gasteiger partial charge is 0.461 e. The van der Waals surface area contributed by atoms with Crippen molar-refractivity contribution in [3.63, 3.8) is 0 Å². The average molecular weight is 633 g/mol. The van der Waals surface area contributed by atoms with Crippen LogP contribution in [-0.2, 0) is 0 Å². The molecular formula is C29H29Cl2F2N7OS. The van der Waals surface area contributed by atoms with E-state index in [0.29, 0.717) is 79.8 Å². The Kier molecular flexibility index (Phi) is 6.42. The first-order valence-corrected chi connectivity index (χ1v) is 15.9. The fourth-order valence-corrected chi connectivity index (χ4v) is 8.99. The van der Waals surface area contributed by atoms with Gasteiger partial charge in [0.15, 0.2) is 5.13 Å². The maximum Gasteiger partial charge on any atom is 0.319 e. The summed E-state index contributed by atoms with van der Waals surface area (Å²) in [6, 6.07) is 5.76. The number of hydrogen-bond acceptors (Lipinski definition) is 9. The molecule has 6 heterocycles. The van der Waals surface area contributed by atoms with Gasteiger partial charge in [-0.05, 0) is 50.4 Å². The third-order valence-corrected chi connectivity index (χ3v) is 10.9. The number of fused-ring (bicyclic) bond motifs is 5. The number of benzene rings is 2. The zero-order valence-electron chi connectivity index (χ0n) is 22.7. The van der Waals surface area contributed by atoms with Crippen LogP contribution in [0.3, 0.4) is 0 Å². The third-order valence-electron chi connectivity index (χ3n) is 9.37. The standard InChI is InChI=1S/C29H29Cl2F2N7OS/c30-19-8-18-23(22(31)21(19)17-4-5-20(33)25-24(17)36-27(34)42-25)37-28(38-26(18)39-11-15-2-3-16(12-39)35-15)41-13-29-6-1-7-40(29)10-14(32)9-29/h4-5,8,14-16,35H,1-3,6-7,9-13H2,(H2,34,36)/t14-,15?,16?,29?/m1/s1. The quantitative estimate of drug-likeness (QED) is 0.284. The number of aromatic nitrogens is 3. The molecule has 0 spiro atoms. The van der Waals surface area contributed by atoms with Crippen LogP contribution in [0.25, 0.3) is 32.2 Å². The number of hydrogen-bond donors (Lipinski definition) is 2. The fraction of sp³-hybridized carbons (Fsp3) is 0.483. The van der Waals surface area contributed by atoms with E-state index < -0.39 is 12.0 Å². The zero-order chi connectivity index (χ0) is 28.7. The number of ether oxygens (including phenoxy) is 1. The summed E-state index contributed by atoms with van der Waals surface area (Å²) in [6.45, 7) is 3.20. The highest BCUT2D eigenvalue weighted by atomic mass is 35.5. The Bertz CT molecular complexity index is 1730. The summed E-state index contributed by atoms with van der Waals surface area (Å²) in [5.41, 5.74) is 7.55. The van der Waals surface area contributed by atoms with E-state index in [-0.39, 0.29) is 16.7 Å². The van der Waals surface area contributed by atoms with Gasteiger partial charge in [0.25, 0.3) is 0 Å². The van der Waals surface area contributed by atoms with Gasteiger partial charge in [-0.3, -0.25) is 4.90 Å². The number of nitrogen functional groups attached to an aromatic ring is 1. The Morgan fingerprint density at radius 1 is 1.12 bits per heavy atom. The number of alkyl halides is 1. The van der Waals surface area contributed by atoms with Crippen molar-refractivity contribution in [2.24, 2.45) is 0 Å². The van der Waals surface area contributed by atoms with Crippen LogP contribution in [-0.4, -0.2) is 76.4 Å². The van der Waals surface area contributed by atoms with E-state index in [0.717, 1.165) is 56.7 Å². The molecule has 0 amide bonds. The monoisotopic (exact) mass is 631 g/mol. The molecule has 220 valence electrons. The molecule has 3 N–H and O–H groups in total. The number of anilines is 2. The molecule has 4 saturated heterocycles. The van der Waals surface area contributed by atoms with Crippen molar-refractivity contribution in [1.29, 1.82) is 0 Å². The Hall–Kier alpha value is -2.57. The Morgan fingerprint density at radius 3 is 2.74 bits per heavy atom. The highest BCUT2D eigenvalue weighted by molar-refractivity contribution is 7.22. The third kappa shape index (κ3) is 4.30. The molecule has 2 bridgehead atoms. The lowest BCUT2D eigenvalue weighted by molar-refractivity contribution is 0.107. The number of halogens is 4. The van der Waals surface area contributed by atoms with Crippen molar-refractivity contribution >= 4 is 66.6 Å². The minimum atomic E-state index is -0.857. The first-order valence-electron chi connectivity index (χ1n) is 14.4. The average Bonchev–Trinajstić information content (AvgIpc) is 3.70. The van der Waals surface area contributed by atoms with Crippen LogP contribution in [0.2, 0.25) is 10.0 Å². The second-order valence-electron chi connectivity index (χ2n) is 12.0. The number of rotatable bonds is 5. The van der Waals surface area contributed by atoms with Gasteiger partial charge < -0.3 is 20.7 Å². The fourth-order valence-electron chi connectivity index (χ4n) is 7.52. The van der Waals surface area contributed by atoms with Crippen LogP contribution >= 0.6 is 34.5 Å². The molecule has 3 unspecified atom stereocenters. The summed E-state index contributed by atoms with van der Waals surface area (Å²) in [5.74, 6) is 0.300. The second-order valence-corrected chi connectivity index (χ2v) is 13.8.